The lowest BCUT2D eigenvalue weighted by molar-refractivity contribution is -0.0946. The summed E-state index contributed by atoms with van der Waals surface area (Å²) < 4.78 is 25.5. The van der Waals surface area contributed by atoms with Gasteiger partial charge in [0.2, 0.25) is 0 Å². The average Bonchev–Trinajstić information content (AvgIpc) is 2.70. The molecule has 0 radical (unpaired) electrons. The zero-order chi connectivity index (χ0) is 19.0. The van der Waals surface area contributed by atoms with Gasteiger partial charge in [-0.25, -0.2) is 4.39 Å². The van der Waals surface area contributed by atoms with E-state index in [9.17, 15) is 9.18 Å². The fourth-order valence-electron chi connectivity index (χ4n) is 4.36. The monoisotopic (exact) mass is 369 g/mol. The molecule has 1 fully saturated rings. The number of amides is 1. The van der Waals surface area contributed by atoms with Crippen LogP contribution in [0.2, 0.25) is 0 Å². The van der Waals surface area contributed by atoms with Crippen LogP contribution in [-0.4, -0.2) is 37.6 Å². The third kappa shape index (κ3) is 3.10. The molecule has 2 heterocycles. The molecule has 5 heteroatoms. The van der Waals surface area contributed by atoms with Gasteiger partial charge in [-0.3, -0.25) is 4.79 Å². The summed E-state index contributed by atoms with van der Waals surface area (Å²) in [7, 11) is 1.68. The largest absolute Gasteiger partial charge is 0.496 e. The summed E-state index contributed by atoms with van der Waals surface area (Å²) in [5, 5.41) is 0. The molecule has 1 saturated heterocycles. The van der Waals surface area contributed by atoms with Gasteiger partial charge in [-0.2, -0.15) is 0 Å². The first-order chi connectivity index (χ1) is 13.0. The predicted molar refractivity (Wildman–Crippen MR) is 101 cm³/mol. The molecular formula is C22H24FNO3. The highest BCUT2D eigenvalue weighted by atomic mass is 19.1. The van der Waals surface area contributed by atoms with Gasteiger partial charge in [0.1, 0.15) is 17.2 Å². The van der Waals surface area contributed by atoms with E-state index in [-0.39, 0.29) is 11.7 Å². The number of rotatable bonds is 2. The second-order valence-corrected chi connectivity index (χ2v) is 7.34. The minimum absolute atomic E-state index is 0.113. The Morgan fingerprint density at radius 1 is 1.22 bits per heavy atom. The van der Waals surface area contributed by atoms with E-state index in [0.717, 1.165) is 23.3 Å². The molecule has 4 rings (SSSR count). The fraction of sp³-hybridized carbons (Fsp3) is 0.409. The quantitative estimate of drug-likeness (QED) is 0.807. The van der Waals surface area contributed by atoms with Gasteiger partial charge in [0, 0.05) is 24.2 Å². The molecule has 0 bridgehead atoms. The Morgan fingerprint density at radius 2 is 2.00 bits per heavy atom. The highest BCUT2D eigenvalue weighted by Gasteiger charge is 2.43. The lowest BCUT2D eigenvalue weighted by atomic mass is 9.78. The van der Waals surface area contributed by atoms with Crippen molar-refractivity contribution < 1.29 is 18.7 Å². The minimum atomic E-state index is -0.409. The molecule has 0 unspecified atom stereocenters. The third-order valence-electron chi connectivity index (χ3n) is 5.83. The standard InChI is InChI=1S/C22H24FNO3/c1-15-6-7-17(23)14-18(15)21(25)24-11-9-22(10-12-24)20-16(8-13-27-22)4-3-5-19(20)26-2/h3-7,14H,8-13H2,1-2H3. The van der Waals surface area contributed by atoms with Gasteiger partial charge < -0.3 is 14.4 Å². The van der Waals surface area contributed by atoms with Crippen LogP contribution in [-0.2, 0) is 16.8 Å². The van der Waals surface area contributed by atoms with Crippen LogP contribution in [0, 0.1) is 12.7 Å². The number of carbonyl (C=O) groups is 1. The fourth-order valence-corrected chi connectivity index (χ4v) is 4.36. The summed E-state index contributed by atoms with van der Waals surface area (Å²) in [6, 6.07) is 10.5. The number of fused-ring (bicyclic) bond motifs is 2. The van der Waals surface area contributed by atoms with Crippen LogP contribution in [0.4, 0.5) is 4.39 Å². The van der Waals surface area contributed by atoms with Crippen LogP contribution < -0.4 is 4.74 Å². The molecule has 4 nitrogen and oxygen atoms in total. The number of hydrogen-bond donors (Lipinski definition) is 0. The third-order valence-corrected chi connectivity index (χ3v) is 5.83. The number of ether oxygens (including phenoxy) is 2. The van der Waals surface area contributed by atoms with E-state index in [2.05, 4.69) is 6.07 Å². The molecule has 142 valence electrons. The number of likely N-dealkylation sites (tertiary alicyclic amines) is 1. The number of methoxy groups -OCH3 is 1. The zero-order valence-electron chi connectivity index (χ0n) is 15.8. The molecule has 0 N–H and O–H groups in total. The van der Waals surface area contributed by atoms with Crippen LogP contribution in [0.3, 0.4) is 0 Å². The van der Waals surface area contributed by atoms with Crippen molar-refractivity contribution in [3.05, 3.63) is 64.5 Å². The molecule has 2 aromatic rings. The van der Waals surface area contributed by atoms with Gasteiger partial charge in [-0.1, -0.05) is 18.2 Å². The summed E-state index contributed by atoms with van der Waals surface area (Å²) >= 11 is 0. The second kappa shape index (κ2) is 6.97. The van der Waals surface area contributed by atoms with E-state index < -0.39 is 5.60 Å². The number of halogens is 1. The van der Waals surface area contributed by atoms with Gasteiger partial charge in [0.25, 0.3) is 5.91 Å². The molecule has 0 saturated carbocycles. The first kappa shape index (κ1) is 18.0. The van der Waals surface area contributed by atoms with E-state index in [1.54, 1.807) is 18.1 Å². The van der Waals surface area contributed by atoms with Crippen molar-refractivity contribution in [2.24, 2.45) is 0 Å². The van der Waals surface area contributed by atoms with Crippen LogP contribution in [0.15, 0.2) is 36.4 Å². The number of piperidine rings is 1. The maximum Gasteiger partial charge on any atom is 0.254 e. The van der Waals surface area contributed by atoms with E-state index in [1.807, 2.05) is 19.1 Å². The number of hydrogen-bond acceptors (Lipinski definition) is 3. The number of aryl methyl sites for hydroxylation is 1. The van der Waals surface area contributed by atoms with Crippen LogP contribution in [0.1, 0.15) is 39.9 Å². The van der Waals surface area contributed by atoms with E-state index in [0.29, 0.717) is 38.1 Å². The summed E-state index contributed by atoms with van der Waals surface area (Å²) in [4.78, 5) is 14.7. The first-order valence-corrected chi connectivity index (χ1v) is 9.40. The first-order valence-electron chi connectivity index (χ1n) is 9.40. The lowest BCUT2D eigenvalue weighted by Crippen LogP contribution is -2.48. The van der Waals surface area contributed by atoms with Crippen molar-refractivity contribution in [3.63, 3.8) is 0 Å². The normalized spacial score (nSPS) is 18.3. The number of benzene rings is 2. The number of nitrogens with zero attached hydrogens (tertiary/aromatic N) is 1. The smallest absolute Gasteiger partial charge is 0.254 e. The van der Waals surface area contributed by atoms with E-state index in [1.165, 1.54) is 17.7 Å². The Balaban J connectivity index is 1.58. The van der Waals surface area contributed by atoms with Crippen molar-refractivity contribution >= 4 is 5.91 Å². The zero-order valence-corrected chi connectivity index (χ0v) is 15.8. The summed E-state index contributed by atoms with van der Waals surface area (Å²) in [6.45, 7) is 3.67. The van der Waals surface area contributed by atoms with Gasteiger partial charge in [0.05, 0.1) is 13.7 Å². The summed E-state index contributed by atoms with van der Waals surface area (Å²) in [6.07, 6.45) is 2.29. The average molecular weight is 369 g/mol. The van der Waals surface area contributed by atoms with Crippen LogP contribution in [0.25, 0.3) is 0 Å². The maximum atomic E-state index is 13.6. The van der Waals surface area contributed by atoms with Crippen LogP contribution >= 0.6 is 0 Å². The molecule has 2 aliphatic heterocycles. The van der Waals surface area contributed by atoms with Gasteiger partial charge >= 0.3 is 0 Å². The van der Waals surface area contributed by atoms with E-state index in [4.69, 9.17) is 9.47 Å². The topological polar surface area (TPSA) is 38.8 Å². The SMILES string of the molecule is COc1cccc2c1C1(CCN(C(=O)c3cc(F)ccc3C)CC1)OCC2. The summed E-state index contributed by atoms with van der Waals surface area (Å²) in [5.74, 6) is 0.359. The molecular weight excluding hydrogens is 345 g/mol. The van der Waals surface area contributed by atoms with Crippen molar-refractivity contribution in [1.82, 2.24) is 4.90 Å². The Kier molecular flexibility index (Phi) is 4.64. The van der Waals surface area contributed by atoms with Crippen molar-refractivity contribution in [2.45, 2.75) is 31.8 Å². The van der Waals surface area contributed by atoms with Gasteiger partial charge in [-0.05, 0) is 55.5 Å². The summed E-state index contributed by atoms with van der Waals surface area (Å²) in [5.41, 5.74) is 3.22. The maximum absolute atomic E-state index is 13.6. The highest BCUT2D eigenvalue weighted by molar-refractivity contribution is 5.95. The molecule has 0 aliphatic carbocycles. The Hall–Kier alpha value is -2.40. The predicted octanol–water partition coefficient (Wildman–Crippen LogP) is 3.85. The highest BCUT2D eigenvalue weighted by Crippen LogP contribution is 2.45. The minimum Gasteiger partial charge on any atom is -0.496 e. The molecule has 2 aliphatic rings. The molecule has 1 amide bonds. The molecule has 2 aromatic carbocycles. The Bertz CT molecular complexity index is 858. The molecule has 1 spiro atoms. The number of carbonyl (C=O) groups excluding carboxylic acids is 1. The Morgan fingerprint density at radius 3 is 2.74 bits per heavy atom. The second-order valence-electron chi connectivity index (χ2n) is 7.34. The molecule has 0 aromatic heterocycles. The lowest BCUT2D eigenvalue weighted by Gasteiger charge is -2.45. The molecule has 0 atom stereocenters. The van der Waals surface area contributed by atoms with Crippen LogP contribution in [0.5, 0.6) is 5.75 Å². The van der Waals surface area contributed by atoms with Crippen molar-refractivity contribution in [1.29, 1.82) is 0 Å². The Labute approximate surface area is 158 Å². The van der Waals surface area contributed by atoms with Gasteiger partial charge in [-0.15, -0.1) is 0 Å². The molecule has 27 heavy (non-hydrogen) atoms. The van der Waals surface area contributed by atoms with Crippen molar-refractivity contribution in [3.8, 4) is 5.75 Å². The van der Waals surface area contributed by atoms with Gasteiger partial charge in [0.15, 0.2) is 0 Å². The van der Waals surface area contributed by atoms with E-state index >= 15 is 0 Å². The van der Waals surface area contributed by atoms with Crippen molar-refractivity contribution in [2.75, 3.05) is 26.8 Å².